The van der Waals surface area contributed by atoms with Crippen LogP contribution in [0.25, 0.3) is 0 Å². The molecule has 0 saturated carbocycles. The molecule has 1 fully saturated rings. The highest BCUT2D eigenvalue weighted by Crippen LogP contribution is 2.38. The number of ether oxygens (including phenoxy) is 2. The van der Waals surface area contributed by atoms with E-state index in [2.05, 4.69) is 94.4 Å². The first-order chi connectivity index (χ1) is 18.0. The Morgan fingerprint density at radius 3 is 2.00 bits per heavy atom. The van der Waals surface area contributed by atoms with Gasteiger partial charge in [0, 0.05) is 19.4 Å². The van der Waals surface area contributed by atoms with E-state index in [1.165, 1.54) is 10.4 Å². The summed E-state index contributed by atoms with van der Waals surface area (Å²) in [7, 11) is -2.56. The number of hydrogen-bond acceptors (Lipinski definition) is 4. The molecule has 5 heteroatoms. The van der Waals surface area contributed by atoms with Gasteiger partial charge in [-0.15, -0.1) is 0 Å². The second kappa shape index (κ2) is 12.0. The highest BCUT2D eigenvalue weighted by atomic mass is 28.4. The van der Waals surface area contributed by atoms with Crippen LogP contribution in [0.15, 0.2) is 72.8 Å². The number of carbonyl (C=O) groups excluding carboxylic acids is 1. The van der Waals surface area contributed by atoms with Crippen LogP contribution < -0.4 is 10.4 Å². The van der Waals surface area contributed by atoms with Crippen molar-refractivity contribution in [3.63, 3.8) is 0 Å². The molecule has 0 bridgehead atoms. The molecule has 2 aromatic carbocycles. The van der Waals surface area contributed by atoms with Gasteiger partial charge in [-0.1, -0.05) is 94.4 Å². The summed E-state index contributed by atoms with van der Waals surface area (Å²) >= 11 is 0. The van der Waals surface area contributed by atoms with Gasteiger partial charge in [-0.05, 0) is 66.4 Å². The van der Waals surface area contributed by atoms with Crippen LogP contribution >= 0.6 is 0 Å². The molecule has 0 aromatic heterocycles. The second-order valence-electron chi connectivity index (χ2n) is 12.6. The number of allylic oxidation sites excluding steroid dienone is 2. The van der Waals surface area contributed by atoms with Crippen LogP contribution in [0.4, 0.5) is 0 Å². The van der Waals surface area contributed by atoms with Crippen LogP contribution in [0.1, 0.15) is 73.6 Å². The standard InChI is InChI=1S/C33H46O4Si/c1-25-17-19-27(34)23-26(25)18-20-28-24-29(37-33(5,6)36-28)21-22-35-38(32(2,3)4,30-13-9-7-10-14-30)31-15-11-8-12-16-31/h7-17,19,25-26,28-29H,18,20-24H2,1-6H3/t25-,26+,28+,29-/m0/s1. The molecular formula is C33H46O4Si. The Morgan fingerprint density at radius 1 is 0.895 bits per heavy atom. The first kappa shape index (κ1) is 28.9. The average molecular weight is 535 g/mol. The third-order valence-electron chi connectivity index (χ3n) is 8.25. The molecule has 1 heterocycles. The third kappa shape index (κ3) is 6.74. The molecule has 38 heavy (non-hydrogen) atoms. The van der Waals surface area contributed by atoms with Crippen molar-refractivity contribution in [3.05, 3.63) is 72.8 Å². The van der Waals surface area contributed by atoms with Gasteiger partial charge >= 0.3 is 0 Å². The molecule has 1 aliphatic heterocycles. The largest absolute Gasteiger partial charge is 0.407 e. The Hall–Kier alpha value is -2.05. The van der Waals surface area contributed by atoms with E-state index in [1.54, 1.807) is 6.08 Å². The van der Waals surface area contributed by atoms with Crippen molar-refractivity contribution < 1.29 is 18.7 Å². The lowest BCUT2D eigenvalue weighted by Crippen LogP contribution is -2.66. The van der Waals surface area contributed by atoms with E-state index >= 15 is 0 Å². The Morgan fingerprint density at radius 2 is 1.45 bits per heavy atom. The topological polar surface area (TPSA) is 44.8 Å². The van der Waals surface area contributed by atoms with Gasteiger partial charge in [0.15, 0.2) is 11.6 Å². The normalized spacial score (nSPS) is 25.9. The summed E-state index contributed by atoms with van der Waals surface area (Å²) in [6, 6.07) is 21.6. The quantitative estimate of drug-likeness (QED) is 0.348. The van der Waals surface area contributed by atoms with Crippen molar-refractivity contribution in [3.8, 4) is 0 Å². The van der Waals surface area contributed by atoms with Crippen LogP contribution in [-0.4, -0.2) is 38.7 Å². The van der Waals surface area contributed by atoms with Gasteiger partial charge < -0.3 is 13.9 Å². The maximum atomic E-state index is 12.0. The zero-order chi connectivity index (χ0) is 27.4. The minimum absolute atomic E-state index is 0.0450. The summed E-state index contributed by atoms with van der Waals surface area (Å²) in [6.07, 6.45) is 8.32. The maximum absolute atomic E-state index is 12.0. The van der Waals surface area contributed by atoms with Crippen molar-refractivity contribution in [1.29, 1.82) is 0 Å². The summed E-state index contributed by atoms with van der Waals surface area (Å²) < 4.78 is 19.9. The molecule has 206 valence electrons. The van der Waals surface area contributed by atoms with Gasteiger partial charge in [0.25, 0.3) is 8.32 Å². The number of benzene rings is 2. The molecule has 1 saturated heterocycles. The summed E-state index contributed by atoms with van der Waals surface area (Å²) in [5, 5.41) is 2.56. The van der Waals surface area contributed by atoms with E-state index < -0.39 is 14.1 Å². The van der Waals surface area contributed by atoms with E-state index in [1.807, 2.05) is 13.8 Å². The predicted octanol–water partition coefficient (Wildman–Crippen LogP) is 6.42. The van der Waals surface area contributed by atoms with Gasteiger partial charge in [0.05, 0.1) is 12.2 Å². The molecule has 4 nitrogen and oxygen atoms in total. The first-order valence-corrected chi connectivity index (χ1v) is 16.2. The number of hydrogen-bond donors (Lipinski definition) is 0. The fourth-order valence-corrected chi connectivity index (χ4v) is 11.0. The molecule has 0 amide bonds. The molecule has 0 unspecified atom stereocenters. The fraction of sp³-hybridized carbons (Fsp3) is 0.545. The minimum Gasteiger partial charge on any atom is -0.407 e. The first-order valence-electron chi connectivity index (χ1n) is 14.3. The van der Waals surface area contributed by atoms with Gasteiger partial charge in [0.2, 0.25) is 0 Å². The van der Waals surface area contributed by atoms with Gasteiger partial charge in [-0.25, -0.2) is 0 Å². The summed E-state index contributed by atoms with van der Waals surface area (Å²) in [4.78, 5) is 12.0. The van der Waals surface area contributed by atoms with E-state index in [0.29, 0.717) is 24.9 Å². The van der Waals surface area contributed by atoms with E-state index in [0.717, 1.165) is 25.7 Å². The Balaban J connectivity index is 1.46. The summed E-state index contributed by atoms with van der Waals surface area (Å²) in [5.74, 6) is 0.466. The molecule has 0 spiro atoms. The summed E-state index contributed by atoms with van der Waals surface area (Å²) in [6.45, 7) is 13.8. The lowest BCUT2D eigenvalue weighted by molar-refractivity contribution is -0.302. The lowest BCUT2D eigenvalue weighted by atomic mass is 9.81. The Bertz CT molecular complexity index is 1030. The van der Waals surface area contributed by atoms with Crippen molar-refractivity contribution in [1.82, 2.24) is 0 Å². The van der Waals surface area contributed by atoms with Crippen molar-refractivity contribution in [2.24, 2.45) is 11.8 Å². The van der Waals surface area contributed by atoms with Gasteiger partial charge in [0.1, 0.15) is 0 Å². The SMILES string of the molecule is C[C@H]1C=CC(=O)C[C@H]1CC[C@@H]1C[C@H](CCO[Si](c2ccccc2)(c2ccccc2)C(C)(C)C)OC(C)(C)O1. The Kier molecular flexibility index (Phi) is 9.13. The fourth-order valence-electron chi connectivity index (χ4n) is 6.37. The molecule has 2 aliphatic rings. The average Bonchev–Trinajstić information content (AvgIpc) is 2.86. The number of ketones is 1. The molecule has 4 atom stereocenters. The Labute approximate surface area is 230 Å². The second-order valence-corrected chi connectivity index (χ2v) is 16.9. The van der Waals surface area contributed by atoms with E-state index in [4.69, 9.17) is 13.9 Å². The van der Waals surface area contributed by atoms with Crippen LogP contribution in [0.3, 0.4) is 0 Å². The highest BCUT2D eigenvalue weighted by molar-refractivity contribution is 6.99. The number of carbonyl (C=O) groups is 1. The molecular weight excluding hydrogens is 488 g/mol. The van der Waals surface area contributed by atoms with Crippen LogP contribution in [0, 0.1) is 11.8 Å². The van der Waals surface area contributed by atoms with Gasteiger partial charge in [-0.2, -0.15) is 0 Å². The molecule has 4 rings (SSSR count). The highest BCUT2D eigenvalue weighted by Gasteiger charge is 2.50. The lowest BCUT2D eigenvalue weighted by Gasteiger charge is -2.44. The zero-order valence-electron chi connectivity index (χ0n) is 24.1. The predicted molar refractivity (Wildman–Crippen MR) is 157 cm³/mol. The van der Waals surface area contributed by atoms with E-state index in [9.17, 15) is 4.79 Å². The van der Waals surface area contributed by atoms with Crippen molar-refractivity contribution >= 4 is 24.5 Å². The van der Waals surface area contributed by atoms with Crippen LogP contribution in [-0.2, 0) is 18.7 Å². The van der Waals surface area contributed by atoms with Crippen LogP contribution in [0.2, 0.25) is 5.04 Å². The molecule has 1 aliphatic carbocycles. The maximum Gasteiger partial charge on any atom is 0.261 e. The number of rotatable bonds is 9. The van der Waals surface area contributed by atoms with Crippen molar-refractivity contribution in [2.75, 3.05) is 6.61 Å². The monoisotopic (exact) mass is 534 g/mol. The molecule has 0 radical (unpaired) electrons. The third-order valence-corrected chi connectivity index (χ3v) is 13.3. The smallest absolute Gasteiger partial charge is 0.261 e. The van der Waals surface area contributed by atoms with Gasteiger partial charge in [-0.3, -0.25) is 4.79 Å². The molecule has 2 aromatic rings. The van der Waals surface area contributed by atoms with E-state index in [-0.39, 0.29) is 23.0 Å². The zero-order valence-corrected chi connectivity index (χ0v) is 25.1. The van der Waals surface area contributed by atoms with Crippen molar-refractivity contribution in [2.45, 2.75) is 96.7 Å². The van der Waals surface area contributed by atoms with Crippen LogP contribution in [0.5, 0.6) is 0 Å². The molecule has 0 N–H and O–H groups in total. The summed E-state index contributed by atoms with van der Waals surface area (Å²) in [5.41, 5.74) is 0. The minimum atomic E-state index is -2.56.